The summed E-state index contributed by atoms with van der Waals surface area (Å²) in [6.45, 7) is 3.61. The van der Waals surface area contributed by atoms with Crippen LogP contribution in [0.25, 0.3) is 5.69 Å². The first kappa shape index (κ1) is 20.4. The van der Waals surface area contributed by atoms with Gasteiger partial charge in [-0.25, -0.2) is 0 Å². The molecule has 3 heterocycles. The number of rotatable bonds is 5. The highest BCUT2D eigenvalue weighted by atomic mass is 35.5. The van der Waals surface area contributed by atoms with Crippen molar-refractivity contribution in [3.05, 3.63) is 53.1 Å². The van der Waals surface area contributed by atoms with E-state index in [4.69, 9.17) is 16.1 Å². The molecule has 1 aliphatic rings. The van der Waals surface area contributed by atoms with Gasteiger partial charge in [-0.15, -0.1) is 10.2 Å². The fourth-order valence-electron chi connectivity index (χ4n) is 3.12. The van der Waals surface area contributed by atoms with Gasteiger partial charge >= 0.3 is 0 Å². The first-order valence-corrected chi connectivity index (χ1v) is 10.7. The van der Waals surface area contributed by atoms with Gasteiger partial charge in [-0.3, -0.25) is 14.2 Å². The van der Waals surface area contributed by atoms with Crippen molar-refractivity contribution in [2.24, 2.45) is 0 Å². The maximum Gasteiger partial charge on any atom is 0.292 e. The third-order valence-corrected chi connectivity index (χ3v) is 5.85. The van der Waals surface area contributed by atoms with Crippen LogP contribution in [0.3, 0.4) is 0 Å². The van der Waals surface area contributed by atoms with Crippen molar-refractivity contribution in [1.82, 2.24) is 29.7 Å². The van der Waals surface area contributed by atoms with Crippen molar-refractivity contribution in [2.75, 3.05) is 31.9 Å². The first-order chi connectivity index (χ1) is 14.5. The minimum absolute atomic E-state index is 0.0109. The minimum atomic E-state index is -0.202. The van der Waals surface area contributed by atoms with Gasteiger partial charge in [0.1, 0.15) is 6.33 Å². The Hall–Kier alpha value is -2.85. The van der Waals surface area contributed by atoms with E-state index >= 15 is 0 Å². The van der Waals surface area contributed by atoms with Gasteiger partial charge in [0.25, 0.3) is 5.91 Å². The summed E-state index contributed by atoms with van der Waals surface area (Å²) >= 11 is 7.37. The first-order valence-electron chi connectivity index (χ1n) is 9.30. The number of nitrogens with zero attached hydrogens (tertiary/aromatic N) is 6. The second-order valence-corrected chi connectivity index (χ2v) is 8.14. The predicted molar refractivity (Wildman–Crippen MR) is 111 cm³/mol. The molecule has 1 fully saturated rings. The molecule has 9 nitrogen and oxygen atoms in total. The van der Waals surface area contributed by atoms with E-state index in [0.29, 0.717) is 42.1 Å². The van der Waals surface area contributed by atoms with Crippen molar-refractivity contribution >= 4 is 35.2 Å². The van der Waals surface area contributed by atoms with Gasteiger partial charge < -0.3 is 14.3 Å². The molecule has 0 bridgehead atoms. The highest BCUT2D eigenvalue weighted by Gasteiger charge is 2.27. The van der Waals surface area contributed by atoms with Crippen LogP contribution >= 0.6 is 23.4 Å². The van der Waals surface area contributed by atoms with E-state index in [9.17, 15) is 9.59 Å². The zero-order valence-electron chi connectivity index (χ0n) is 16.2. The Bertz CT molecular complexity index is 1060. The van der Waals surface area contributed by atoms with Crippen LogP contribution in [0.5, 0.6) is 0 Å². The molecule has 2 amide bonds. The number of carbonyl (C=O) groups is 2. The lowest BCUT2D eigenvalue weighted by Crippen LogP contribution is -2.51. The van der Waals surface area contributed by atoms with Gasteiger partial charge in [0.15, 0.2) is 5.16 Å². The average Bonchev–Trinajstić information content (AvgIpc) is 3.40. The monoisotopic (exact) mass is 446 g/mol. The van der Waals surface area contributed by atoms with Crippen molar-refractivity contribution in [2.45, 2.75) is 12.1 Å². The smallest absolute Gasteiger partial charge is 0.292 e. The summed E-state index contributed by atoms with van der Waals surface area (Å²) in [5.74, 6) is 0.243. The van der Waals surface area contributed by atoms with Gasteiger partial charge in [-0.2, -0.15) is 0 Å². The van der Waals surface area contributed by atoms with E-state index < -0.39 is 0 Å². The van der Waals surface area contributed by atoms with E-state index in [1.165, 1.54) is 11.8 Å². The highest BCUT2D eigenvalue weighted by Crippen LogP contribution is 2.22. The van der Waals surface area contributed by atoms with Crippen LogP contribution in [0, 0.1) is 6.92 Å². The number of piperazine rings is 1. The lowest BCUT2D eigenvalue weighted by Gasteiger charge is -2.34. The van der Waals surface area contributed by atoms with Gasteiger partial charge in [-0.1, -0.05) is 34.6 Å². The predicted octanol–water partition coefficient (Wildman–Crippen LogP) is 2.29. The number of halogens is 1. The molecule has 0 radical (unpaired) electrons. The number of benzene rings is 1. The lowest BCUT2D eigenvalue weighted by molar-refractivity contribution is -0.129. The molecule has 0 aliphatic carbocycles. The topological polar surface area (TPSA) is 97.4 Å². The summed E-state index contributed by atoms with van der Waals surface area (Å²) in [5, 5.41) is 13.0. The van der Waals surface area contributed by atoms with Crippen molar-refractivity contribution < 1.29 is 14.1 Å². The van der Waals surface area contributed by atoms with E-state index in [1.807, 2.05) is 18.2 Å². The fraction of sp³-hybridized carbons (Fsp3) is 0.316. The average molecular weight is 447 g/mol. The van der Waals surface area contributed by atoms with Gasteiger partial charge in [0.05, 0.1) is 17.1 Å². The number of hydrogen-bond donors (Lipinski definition) is 0. The quantitative estimate of drug-likeness (QED) is 0.554. The number of aromatic nitrogens is 4. The van der Waals surface area contributed by atoms with Crippen LogP contribution in [0.2, 0.25) is 5.02 Å². The molecule has 4 rings (SSSR count). The Morgan fingerprint density at radius 1 is 1.17 bits per heavy atom. The minimum Gasteiger partial charge on any atom is -0.351 e. The van der Waals surface area contributed by atoms with Gasteiger partial charge in [-0.05, 0) is 25.1 Å². The zero-order valence-corrected chi connectivity index (χ0v) is 17.8. The molecule has 1 saturated heterocycles. The Balaban J connectivity index is 1.31. The van der Waals surface area contributed by atoms with Crippen molar-refractivity contribution in [3.63, 3.8) is 0 Å². The summed E-state index contributed by atoms with van der Waals surface area (Å²) in [7, 11) is 0. The van der Waals surface area contributed by atoms with Crippen molar-refractivity contribution in [3.8, 4) is 5.69 Å². The summed E-state index contributed by atoms with van der Waals surface area (Å²) in [6.07, 6.45) is 1.59. The second-order valence-electron chi connectivity index (χ2n) is 6.76. The Morgan fingerprint density at radius 2 is 1.93 bits per heavy atom. The Morgan fingerprint density at radius 3 is 2.63 bits per heavy atom. The van der Waals surface area contributed by atoms with Gasteiger partial charge in [0.2, 0.25) is 11.7 Å². The lowest BCUT2D eigenvalue weighted by atomic mass is 10.2. The molecule has 30 heavy (non-hydrogen) atoms. The second kappa shape index (κ2) is 8.88. The standard InChI is InChI=1S/C19H19ClN6O3S/c1-13-9-16(29-23-13)18(28)25-7-5-24(6-8-25)17(27)11-30-19-22-21-12-26(19)15-4-2-3-14(20)10-15/h2-4,9-10,12H,5-8,11H2,1H3. The molecule has 2 aromatic heterocycles. The molecular weight excluding hydrogens is 428 g/mol. The van der Waals surface area contributed by atoms with Crippen LogP contribution in [-0.4, -0.2) is 73.5 Å². The molecule has 11 heteroatoms. The van der Waals surface area contributed by atoms with Crippen molar-refractivity contribution in [1.29, 1.82) is 0 Å². The molecule has 156 valence electrons. The molecule has 3 aromatic rings. The molecule has 0 atom stereocenters. The van der Waals surface area contributed by atoms with Crippen LogP contribution in [-0.2, 0) is 4.79 Å². The maximum atomic E-state index is 12.6. The summed E-state index contributed by atoms with van der Waals surface area (Å²) < 4.78 is 6.83. The zero-order chi connectivity index (χ0) is 21.1. The third-order valence-electron chi connectivity index (χ3n) is 4.69. The van der Waals surface area contributed by atoms with Crippen LogP contribution in [0.15, 0.2) is 46.3 Å². The molecule has 0 N–H and O–H groups in total. The van der Waals surface area contributed by atoms with E-state index in [0.717, 1.165) is 5.69 Å². The summed E-state index contributed by atoms with van der Waals surface area (Å²) in [5.41, 5.74) is 1.49. The Kier molecular flexibility index (Phi) is 6.05. The molecule has 0 saturated carbocycles. The van der Waals surface area contributed by atoms with Crippen LogP contribution < -0.4 is 0 Å². The normalized spacial score (nSPS) is 14.2. The number of amides is 2. The highest BCUT2D eigenvalue weighted by molar-refractivity contribution is 7.99. The maximum absolute atomic E-state index is 12.6. The Labute approximate surface area is 182 Å². The summed E-state index contributed by atoms with van der Waals surface area (Å²) in [6, 6.07) is 8.96. The fourth-order valence-corrected chi connectivity index (χ4v) is 4.14. The third kappa shape index (κ3) is 4.49. The SMILES string of the molecule is Cc1cc(C(=O)N2CCN(C(=O)CSc3nncn3-c3cccc(Cl)c3)CC2)on1. The summed E-state index contributed by atoms with van der Waals surface area (Å²) in [4.78, 5) is 28.5. The number of aryl methyl sites for hydroxylation is 1. The van der Waals surface area contributed by atoms with E-state index in [2.05, 4.69) is 15.4 Å². The van der Waals surface area contributed by atoms with Crippen LogP contribution in [0.4, 0.5) is 0 Å². The van der Waals surface area contributed by atoms with Gasteiger partial charge in [0, 0.05) is 37.3 Å². The van der Waals surface area contributed by atoms with Crippen LogP contribution in [0.1, 0.15) is 16.2 Å². The molecule has 0 spiro atoms. The molecular formula is C19H19ClN6O3S. The molecule has 1 aromatic carbocycles. The largest absolute Gasteiger partial charge is 0.351 e. The molecule has 0 unspecified atom stereocenters. The van der Waals surface area contributed by atoms with E-state index in [1.54, 1.807) is 39.8 Å². The number of thioether (sulfide) groups is 1. The number of carbonyl (C=O) groups excluding carboxylic acids is 2. The van der Waals surface area contributed by atoms with E-state index in [-0.39, 0.29) is 23.3 Å². The number of hydrogen-bond acceptors (Lipinski definition) is 7. The molecule has 1 aliphatic heterocycles.